The summed E-state index contributed by atoms with van der Waals surface area (Å²) < 4.78 is 3.04. The van der Waals surface area contributed by atoms with Crippen LogP contribution in [0.15, 0.2) is 22.7 Å². The van der Waals surface area contributed by atoms with Crippen molar-refractivity contribution >= 4 is 33.3 Å². The van der Waals surface area contributed by atoms with Gasteiger partial charge in [-0.2, -0.15) is 0 Å². The molecule has 1 heterocycles. The van der Waals surface area contributed by atoms with Crippen LogP contribution in [0.25, 0.3) is 11.3 Å². The van der Waals surface area contributed by atoms with Gasteiger partial charge in [0.25, 0.3) is 0 Å². The zero-order valence-corrected chi connectivity index (χ0v) is 14.3. The highest BCUT2D eigenvalue weighted by molar-refractivity contribution is 9.10. The molecule has 20 heavy (non-hydrogen) atoms. The molecule has 0 radical (unpaired) electrons. The zero-order valence-electron chi connectivity index (χ0n) is 12.0. The van der Waals surface area contributed by atoms with Crippen molar-refractivity contribution in [1.29, 1.82) is 0 Å². The molecule has 5 heteroatoms. The Bertz CT molecular complexity index is 620. The number of anilines is 1. The van der Waals surface area contributed by atoms with Gasteiger partial charge >= 0.3 is 0 Å². The van der Waals surface area contributed by atoms with Crippen molar-refractivity contribution in [2.45, 2.75) is 33.7 Å². The Morgan fingerprint density at radius 3 is 2.65 bits per heavy atom. The number of aryl methyl sites for hydroxylation is 1. The van der Waals surface area contributed by atoms with E-state index in [4.69, 9.17) is 17.3 Å². The maximum atomic E-state index is 6.31. The minimum atomic E-state index is 0.519. The van der Waals surface area contributed by atoms with Crippen LogP contribution in [-0.2, 0) is 13.0 Å². The fourth-order valence-corrected chi connectivity index (χ4v) is 3.00. The molecule has 2 rings (SSSR count). The van der Waals surface area contributed by atoms with Gasteiger partial charge in [0.2, 0.25) is 0 Å². The molecule has 0 saturated heterocycles. The van der Waals surface area contributed by atoms with Crippen LogP contribution >= 0.6 is 27.5 Å². The number of aromatic nitrogens is 2. The van der Waals surface area contributed by atoms with Gasteiger partial charge in [0.05, 0.1) is 5.02 Å². The molecule has 2 N–H and O–H groups in total. The minimum absolute atomic E-state index is 0.519. The topological polar surface area (TPSA) is 43.8 Å². The van der Waals surface area contributed by atoms with Crippen LogP contribution in [0.2, 0.25) is 5.02 Å². The van der Waals surface area contributed by atoms with Crippen LogP contribution in [0.5, 0.6) is 0 Å². The second-order valence-corrected chi connectivity index (χ2v) is 6.57. The normalized spacial score (nSPS) is 11.3. The van der Waals surface area contributed by atoms with Crippen molar-refractivity contribution in [3.8, 4) is 11.3 Å². The third kappa shape index (κ3) is 3.01. The second kappa shape index (κ2) is 6.19. The largest absolute Gasteiger partial charge is 0.383 e. The minimum Gasteiger partial charge on any atom is -0.383 e. The van der Waals surface area contributed by atoms with Crippen molar-refractivity contribution in [2.75, 3.05) is 5.73 Å². The third-order valence-electron chi connectivity index (χ3n) is 3.14. The zero-order chi connectivity index (χ0) is 14.9. The summed E-state index contributed by atoms with van der Waals surface area (Å²) in [5.41, 5.74) is 7.95. The fourth-order valence-electron chi connectivity index (χ4n) is 2.23. The average Bonchev–Trinajstić information content (AvgIpc) is 2.67. The molecule has 0 spiro atoms. The molecule has 2 aromatic rings. The molecule has 1 aromatic carbocycles. The first-order valence-electron chi connectivity index (χ1n) is 6.74. The summed E-state index contributed by atoms with van der Waals surface area (Å²) in [5.74, 6) is 2.22. The van der Waals surface area contributed by atoms with Gasteiger partial charge in [-0.05, 0) is 18.1 Å². The molecule has 0 saturated carbocycles. The van der Waals surface area contributed by atoms with Crippen molar-refractivity contribution in [2.24, 2.45) is 5.92 Å². The van der Waals surface area contributed by atoms with Crippen molar-refractivity contribution < 1.29 is 0 Å². The van der Waals surface area contributed by atoms with Crippen molar-refractivity contribution in [1.82, 2.24) is 9.55 Å². The van der Waals surface area contributed by atoms with Gasteiger partial charge in [-0.1, -0.05) is 54.4 Å². The smallest absolute Gasteiger partial charge is 0.131 e. The van der Waals surface area contributed by atoms with E-state index in [-0.39, 0.29) is 0 Å². The Hall–Kier alpha value is -1.00. The van der Waals surface area contributed by atoms with Crippen LogP contribution in [0.4, 0.5) is 5.82 Å². The quantitative estimate of drug-likeness (QED) is 0.857. The molecule has 108 valence electrons. The first kappa shape index (κ1) is 15.4. The summed E-state index contributed by atoms with van der Waals surface area (Å²) in [6.07, 6.45) is 0.852. The van der Waals surface area contributed by atoms with E-state index in [1.165, 1.54) is 0 Å². The van der Waals surface area contributed by atoms with Crippen LogP contribution in [0.1, 0.15) is 26.6 Å². The molecule has 0 bridgehead atoms. The molecule has 0 aliphatic carbocycles. The summed E-state index contributed by atoms with van der Waals surface area (Å²) in [5, 5.41) is 0.655. The van der Waals surface area contributed by atoms with Gasteiger partial charge in [0, 0.05) is 23.0 Å². The van der Waals surface area contributed by atoms with Gasteiger partial charge in [0.1, 0.15) is 17.3 Å². The maximum absolute atomic E-state index is 6.31. The predicted octanol–water partition coefficient (Wildman–Crippen LogP) is 4.77. The number of nitrogen functional groups attached to an aromatic ring is 1. The van der Waals surface area contributed by atoms with Gasteiger partial charge in [-0.25, -0.2) is 4.98 Å². The number of halogens is 2. The first-order valence-corrected chi connectivity index (χ1v) is 7.91. The highest BCUT2D eigenvalue weighted by Gasteiger charge is 2.17. The lowest BCUT2D eigenvalue weighted by molar-refractivity contribution is 0.513. The van der Waals surface area contributed by atoms with E-state index in [1.807, 2.05) is 18.2 Å². The van der Waals surface area contributed by atoms with Crippen LogP contribution < -0.4 is 5.73 Å². The molecule has 0 aliphatic rings. The Labute approximate surface area is 133 Å². The molecular formula is C15H19BrClN3. The summed E-state index contributed by atoms with van der Waals surface area (Å²) in [6.45, 7) is 7.30. The molecular weight excluding hydrogens is 338 g/mol. The van der Waals surface area contributed by atoms with E-state index < -0.39 is 0 Å². The lowest BCUT2D eigenvalue weighted by Gasteiger charge is -2.11. The Balaban J connectivity index is 2.54. The average molecular weight is 357 g/mol. The standard InChI is InChI=1S/C15H19BrClN3/c1-4-13-19-14(15(18)20(13)8-9(2)3)11-6-5-10(16)7-12(11)17/h5-7,9H,4,8,18H2,1-3H3. The van der Waals surface area contributed by atoms with Crippen LogP contribution in [0, 0.1) is 5.92 Å². The lowest BCUT2D eigenvalue weighted by atomic mass is 10.1. The highest BCUT2D eigenvalue weighted by atomic mass is 79.9. The van der Waals surface area contributed by atoms with E-state index in [0.717, 1.165) is 34.5 Å². The van der Waals surface area contributed by atoms with E-state index in [0.29, 0.717) is 16.8 Å². The van der Waals surface area contributed by atoms with Gasteiger partial charge < -0.3 is 10.3 Å². The monoisotopic (exact) mass is 355 g/mol. The van der Waals surface area contributed by atoms with E-state index >= 15 is 0 Å². The molecule has 0 amide bonds. The predicted molar refractivity (Wildman–Crippen MR) is 89.0 cm³/mol. The van der Waals surface area contributed by atoms with Crippen LogP contribution in [0.3, 0.4) is 0 Å². The third-order valence-corrected chi connectivity index (χ3v) is 3.94. The highest BCUT2D eigenvalue weighted by Crippen LogP contribution is 2.34. The van der Waals surface area contributed by atoms with Gasteiger partial charge in [0.15, 0.2) is 0 Å². The Morgan fingerprint density at radius 1 is 1.40 bits per heavy atom. The van der Waals surface area contributed by atoms with E-state index in [2.05, 4.69) is 46.3 Å². The molecule has 0 unspecified atom stereocenters. The van der Waals surface area contributed by atoms with E-state index in [1.54, 1.807) is 0 Å². The molecule has 3 nitrogen and oxygen atoms in total. The number of rotatable bonds is 4. The number of hydrogen-bond acceptors (Lipinski definition) is 2. The molecule has 1 aromatic heterocycles. The molecule has 0 atom stereocenters. The van der Waals surface area contributed by atoms with Crippen LogP contribution in [-0.4, -0.2) is 9.55 Å². The first-order chi connectivity index (χ1) is 9.43. The second-order valence-electron chi connectivity index (χ2n) is 5.24. The Morgan fingerprint density at radius 2 is 2.10 bits per heavy atom. The number of benzene rings is 1. The fraction of sp³-hybridized carbons (Fsp3) is 0.400. The lowest BCUT2D eigenvalue weighted by Crippen LogP contribution is -2.10. The Kier molecular flexibility index (Phi) is 4.76. The number of nitrogens with zero attached hydrogens (tertiary/aromatic N) is 2. The SMILES string of the molecule is CCc1nc(-c2ccc(Br)cc2Cl)c(N)n1CC(C)C. The van der Waals surface area contributed by atoms with Gasteiger partial charge in [-0.15, -0.1) is 0 Å². The number of nitrogens with two attached hydrogens (primary N) is 1. The maximum Gasteiger partial charge on any atom is 0.131 e. The van der Waals surface area contributed by atoms with Gasteiger partial charge in [-0.3, -0.25) is 0 Å². The summed E-state index contributed by atoms with van der Waals surface area (Å²) in [7, 11) is 0. The van der Waals surface area contributed by atoms with Crippen molar-refractivity contribution in [3.05, 3.63) is 33.5 Å². The summed E-state index contributed by atoms with van der Waals surface area (Å²) in [4.78, 5) is 4.68. The number of hydrogen-bond donors (Lipinski definition) is 1. The van der Waals surface area contributed by atoms with Crippen molar-refractivity contribution in [3.63, 3.8) is 0 Å². The molecule has 0 fully saturated rings. The summed E-state index contributed by atoms with van der Waals surface area (Å²) in [6, 6.07) is 5.77. The molecule has 0 aliphatic heterocycles. The van der Waals surface area contributed by atoms with E-state index in [9.17, 15) is 0 Å². The number of imidazole rings is 1. The summed E-state index contributed by atoms with van der Waals surface area (Å²) >= 11 is 9.72.